The van der Waals surface area contributed by atoms with Crippen LogP contribution in [0.25, 0.3) is 0 Å². The summed E-state index contributed by atoms with van der Waals surface area (Å²) in [6.07, 6.45) is 2.86. The SMILES string of the molecule is Fc1ccc2c(c1)C(CCNCl)c1ccccc1CC2. The lowest BCUT2D eigenvalue weighted by Crippen LogP contribution is -2.11. The van der Waals surface area contributed by atoms with Crippen LogP contribution in [0.15, 0.2) is 42.5 Å². The topological polar surface area (TPSA) is 12.0 Å². The van der Waals surface area contributed by atoms with Crippen molar-refractivity contribution in [2.24, 2.45) is 0 Å². The number of halogens is 2. The minimum Gasteiger partial charge on any atom is -0.234 e. The summed E-state index contributed by atoms with van der Waals surface area (Å²) in [6, 6.07) is 13.7. The predicted molar refractivity (Wildman–Crippen MR) is 80.6 cm³/mol. The fourth-order valence-corrected chi connectivity index (χ4v) is 3.28. The van der Waals surface area contributed by atoms with Crippen molar-refractivity contribution in [1.29, 1.82) is 0 Å². The molecule has 0 radical (unpaired) electrons. The average molecular weight is 290 g/mol. The third-order valence-electron chi connectivity index (χ3n) is 4.11. The Kier molecular flexibility index (Phi) is 4.04. The van der Waals surface area contributed by atoms with Gasteiger partial charge in [0.25, 0.3) is 0 Å². The Balaban J connectivity index is 2.10. The Morgan fingerprint density at radius 2 is 1.80 bits per heavy atom. The van der Waals surface area contributed by atoms with E-state index in [9.17, 15) is 4.39 Å². The summed E-state index contributed by atoms with van der Waals surface area (Å²) in [5.41, 5.74) is 5.04. The van der Waals surface area contributed by atoms with Crippen molar-refractivity contribution in [3.05, 3.63) is 70.5 Å². The van der Waals surface area contributed by atoms with E-state index in [4.69, 9.17) is 11.8 Å². The highest BCUT2D eigenvalue weighted by Crippen LogP contribution is 2.36. The maximum Gasteiger partial charge on any atom is 0.123 e. The molecule has 0 saturated heterocycles. The molecule has 0 saturated carbocycles. The minimum absolute atomic E-state index is 0.160. The fourth-order valence-electron chi connectivity index (χ4n) is 3.17. The summed E-state index contributed by atoms with van der Waals surface area (Å²) in [5.74, 6) is 0.0533. The number of hydrogen-bond donors (Lipinski definition) is 1. The van der Waals surface area contributed by atoms with Crippen molar-refractivity contribution in [2.45, 2.75) is 25.2 Å². The Bertz CT molecular complexity index is 612. The van der Waals surface area contributed by atoms with E-state index >= 15 is 0 Å². The Morgan fingerprint density at radius 3 is 2.60 bits per heavy atom. The van der Waals surface area contributed by atoms with Gasteiger partial charge in [-0.05, 0) is 65.4 Å². The molecule has 0 fully saturated rings. The third kappa shape index (κ3) is 2.58. The standard InChI is InChI=1S/C17H17ClFN/c18-20-10-9-16-15-4-2-1-3-12(15)5-6-13-7-8-14(19)11-17(13)16/h1-4,7-8,11,16,20H,5-6,9-10H2. The molecular weight excluding hydrogens is 273 g/mol. The van der Waals surface area contributed by atoms with Gasteiger partial charge in [0.2, 0.25) is 0 Å². The van der Waals surface area contributed by atoms with Gasteiger partial charge in [0.05, 0.1) is 0 Å². The lowest BCUT2D eigenvalue weighted by molar-refractivity contribution is 0.618. The van der Waals surface area contributed by atoms with Crippen molar-refractivity contribution in [1.82, 2.24) is 4.84 Å². The molecular formula is C17H17ClFN. The summed E-state index contributed by atoms with van der Waals surface area (Å²) in [6.45, 7) is 0.705. The molecule has 1 aliphatic rings. The second-order valence-electron chi connectivity index (χ2n) is 5.27. The van der Waals surface area contributed by atoms with Gasteiger partial charge in [0, 0.05) is 12.5 Å². The van der Waals surface area contributed by atoms with Crippen LogP contribution in [0.5, 0.6) is 0 Å². The van der Waals surface area contributed by atoms with Crippen LogP contribution < -0.4 is 4.84 Å². The van der Waals surface area contributed by atoms with Crippen molar-refractivity contribution in [3.63, 3.8) is 0 Å². The van der Waals surface area contributed by atoms with Gasteiger partial charge in [-0.1, -0.05) is 30.3 Å². The normalized spacial score (nSPS) is 17.2. The van der Waals surface area contributed by atoms with E-state index < -0.39 is 0 Å². The van der Waals surface area contributed by atoms with Gasteiger partial charge < -0.3 is 0 Å². The second-order valence-corrected chi connectivity index (χ2v) is 5.53. The summed E-state index contributed by atoms with van der Waals surface area (Å²) in [5, 5.41) is 0. The van der Waals surface area contributed by atoms with Crippen molar-refractivity contribution in [2.75, 3.05) is 6.54 Å². The molecule has 104 valence electrons. The van der Waals surface area contributed by atoms with Crippen molar-refractivity contribution < 1.29 is 4.39 Å². The molecule has 0 amide bonds. The molecule has 0 aromatic heterocycles. The molecule has 1 nitrogen and oxygen atoms in total. The number of hydrogen-bond acceptors (Lipinski definition) is 1. The zero-order chi connectivity index (χ0) is 13.9. The largest absolute Gasteiger partial charge is 0.234 e. The van der Waals surface area contributed by atoms with Crippen LogP contribution in [0, 0.1) is 5.82 Å². The molecule has 2 aromatic rings. The zero-order valence-electron chi connectivity index (χ0n) is 11.2. The Hall–Kier alpha value is -1.38. The number of rotatable bonds is 3. The molecule has 0 aliphatic heterocycles. The smallest absolute Gasteiger partial charge is 0.123 e. The molecule has 1 N–H and O–H groups in total. The first-order valence-electron chi connectivity index (χ1n) is 6.99. The third-order valence-corrected chi connectivity index (χ3v) is 4.29. The maximum absolute atomic E-state index is 13.7. The van der Waals surface area contributed by atoms with Crippen LogP contribution in [0.2, 0.25) is 0 Å². The molecule has 1 aliphatic carbocycles. The number of fused-ring (bicyclic) bond motifs is 2. The average Bonchev–Trinajstić information content (AvgIpc) is 2.62. The highest BCUT2D eigenvalue weighted by molar-refractivity contribution is 6.13. The van der Waals surface area contributed by atoms with Crippen molar-refractivity contribution in [3.8, 4) is 0 Å². The van der Waals surface area contributed by atoms with E-state index in [-0.39, 0.29) is 11.7 Å². The molecule has 1 atom stereocenters. The number of aryl methyl sites for hydroxylation is 2. The van der Waals surface area contributed by atoms with Crippen LogP contribution in [0.1, 0.15) is 34.6 Å². The summed E-state index contributed by atoms with van der Waals surface area (Å²) in [4.78, 5) is 2.69. The first kappa shape index (κ1) is 13.6. The molecule has 0 heterocycles. The van der Waals surface area contributed by atoms with Crippen LogP contribution in [0.4, 0.5) is 4.39 Å². The molecule has 1 unspecified atom stereocenters. The first-order chi connectivity index (χ1) is 9.79. The van der Waals surface area contributed by atoms with Crippen LogP contribution in [0.3, 0.4) is 0 Å². The highest BCUT2D eigenvalue weighted by Gasteiger charge is 2.23. The van der Waals surface area contributed by atoms with Crippen LogP contribution >= 0.6 is 11.8 Å². The fraction of sp³-hybridized carbons (Fsp3) is 0.294. The number of nitrogens with one attached hydrogen (secondary N) is 1. The Labute approximate surface area is 123 Å². The molecule has 2 aromatic carbocycles. The van der Waals surface area contributed by atoms with E-state index in [1.54, 1.807) is 12.1 Å². The number of benzene rings is 2. The first-order valence-corrected chi connectivity index (χ1v) is 7.37. The lowest BCUT2D eigenvalue weighted by atomic mass is 9.85. The highest BCUT2D eigenvalue weighted by atomic mass is 35.5. The summed E-state index contributed by atoms with van der Waals surface area (Å²) >= 11 is 5.62. The summed E-state index contributed by atoms with van der Waals surface area (Å²) < 4.78 is 13.7. The van der Waals surface area contributed by atoms with Gasteiger partial charge in [-0.3, -0.25) is 0 Å². The Morgan fingerprint density at radius 1 is 1.05 bits per heavy atom. The molecule has 0 bridgehead atoms. The second kappa shape index (κ2) is 5.94. The van der Waals surface area contributed by atoms with Gasteiger partial charge in [0.1, 0.15) is 5.82 Å². The summed E-state index contributed by atoms with van der Waals surface area (Å²) in [7, 11) is 0. The molecule has 0 spiro atoms. The minimum atomic E-state index is -0.160. The monoisotopic (exact) mass is 289 g/mol. The van der Waals surface area contributed by atoms with Gasteiger partial charge in [-0.25, -0.2) is 9.23 Å². The van der Waals surface area contributed by atoms with Crippen LogP contribution in [-0.4, -0.2) is 6.54 Å². The van der Waals surface area contributed by atoms with Gasteiger partial charge >= 0.3 is 0 Å². The van der Waals surface area contributed by atoms with Gasteiger partial charge in [0.15, 0.2) is 0 Å². The lowest BCUT2D eigenvalue weighted by Gasteiger charge is -2.20. The predicted octanol–water partition coefficient (Wildman–Crippen LogP) is 4.19. The van der Waals surface area contributed by atoms with E-state index in [1.807, 2.05) is 6.07 Å². The van der Waals surface area contributed by atoms with Gasteiger partial charge in [-0.15, -0.1) is 0 Å². The van der Waals surface area contributed by atoms with Crippen molar-refractivity contribution >= 4 is 11.8 Å². The quantitative estimate of drug-likeness (QED) is 0.836. The molecule has 3 heteroatoms. The molecule has 20 heavy (non-hydrogen) atoms. The zero-order valence-corrected chi connectivity index (χ0v) is 12.0. The van der Waals surface area contributed by atoms with Crippen LogP contribution in [-0.2, 0) is 12.8 Å². The van der Waals surface area contributed by atoms with E-state index in [0.717, 1.165) is 24.8 Å². The maximum atomic E-state index is 13.7. The van der Waals surface area contributed by atoms with E-state index in [2.05, 4.69) is 29.1 Å². The van der Waals surface area contributed by atoms with Gasteiger partial charge in [-0.2, -0.15) is 0 Å². The van der Waals surface area contributed by atoms with E-state index in [1.165, 1.54) is 16.7 Å². The molecule has 3 rings (SSSR count). The van der Waals surface area contributed by atoms with E-state index in [0.29, 0.717) is 6.54 Å².